The first-order valence-corrected chi connectivity index (χ1v) is 6.36. The molecule has 2 rings (SSSR count). The Kier molecular flexibility index (Phi) is 3.92. The molecular weight excluding hydrogens is 226 g/mol. The lowest BCUT2D eigenvalue weighted by Gasteiger charge is -2.13. The van der Waals surface area contributed by atoms with E-state index in [1.807, 2.05) is 28.9 Å². The Morgan fingerprint density at radius 3 is 2.83 bits per heavy atom. The van der Waals surface area contributed by atoms with E-state index < -0.39 is 0 Å². The predicted molar refractivity (Wildman–Crippen MR) is 71.9 cm³/mol. The fraction of sp³-hybridized carbons (Fsp3) is 0.462. The molecule has 0 saturated carbocycles. The molecule has 0 spiro atoms. The zero-order chi connectivity index (χ0) is 13.0. The molecule has 0 fully saturated rings. The monoisotopic (exact) mass is 245 g/mol. The summed E-state index contributed by atoms with van der Waals surface area (Å²) in [4.78, 5) is 0. The van der Waals surface area contributed by atoms with Crippen molar-refractivity contribution in [3.63, 3.8) is 0 Å². The smallest absolute Gasteiger partial charge is 0.184 e. The van der Waals surface area contributed by atoms with Crippen LogP contribution in [0.15, 0.2) is 24.3 Å². The van der Waals surface area contributed by atoms with Crippen molar-refractivity contribution in [3.05, 3.63) is 24.3 Å². The van der Waals surface area contributed by atoms with Crippen LogP contribution in [-0.2, 0) is 0 Å². The molecule has 2 aromatic rings. The SMILES string of the molecule is CCCCC(C)n1nnnc1-c1ccccc1N. The van der Waals surface area contributed by atoms with E-state index in [1.54, 1.807) is 0 Å². The zero-order valence-electron chi connectivity index (χ0n) is 10.9. The van der Waals surface area contributed by atoms with E-state index in [1.165, 1.54) is 12.8 Å². The highest BCUT2D eigenvalue weighted by Crippen LogP contribution is 2.26. The maximum Gasteiger partial charge on any atom is 0.184 e. The molecule has 18 heavy (non-hydrogen) atoms. The number of rotatable bonds is 5. The maximum atomic E-state index is 5.97. The molecule has 0 saturated heterocycles. The second kappa shape index (κ2) is 5.62. The van der Waals surface area contributed by atoms with Gasteiger partial charge in [-0.15, -0.1) is 5.10 Å². The summed E-state index contributed by atoms with van der Waals surface area (Å²) in [6.45, 7) is 4.32. The Morgan fingerprint density at radius 1 is 1.33 bits per heavy atom. The second-order valence-electron chi connectivity index (χ2n) is 4.53. The average molecular weight is 245 g/mol. The van der Waals surface area contributed by atoms with Gasteiger partial charge in [0, 0.05) is 11.3 Å². The maximum absolute atomic E-state index is 5.97. The summed E-state index contributed by atoms with van der Waals surface area (Å²) >= 11 is 0. The number of nitrogen functional groups attached to an aromatic ring is 1. The Bertz CT molecular complexity index is 506. The number of hydrogen-bond acceptors (Lipinski definition) is 4. The highest BCUT2D eigenvalue weighted by atomic mass is 15.5. The van der Waals surface area contributed by atoms with Gasteiger partial charge in [0.1, 0.15) is 0 Å². The molecule has 2 N–H and O–H groups in total. The number of hydrogen-bond donors (Lipinski definition) is 1. The van der Waals surface area contributed by atoms with E-state index in [-0.39, 0.29) is 6.04 Å². The van der Waals surface area contributed by atoms with Crippen LogP contribution < -0.4 is 5.73 Å². The van der Waals surface area contributed by atoms with Crippen molar-refractivity contribution in [2.45, 2.75) is 39.2 Å². The van der Waals surface area contributed by atoms with Crippen LogP contribution in [0.4, 0.5) is 5.69 Å². The van der Waals surface area contributed by atoms with Crippen molar-refractivity contribution in [1.82, 2.24) is 20.2 Å². The topological polar surface area (TPSA) is 69.6 Å². The molecule has 0 aliphatic carbocycles. The summed E-state index contributed by atoms with van der Waals surface area (Å²) < 4.78 is 1.86. The summed E-state index contributed by atoms with van der Waals surface area (Å²) in [5, 5.41) is 12.0. The van der Waals surface area contributed by atoms with Crippen LogP contribution in [0.25, 0.3) is 11.4 Å². The lowest BCUT2D eigenvalue weighted by atomic mass is 10.1. The molecule has 1 aromatic carbocycles. The van der Waals surface area contributed by atoms with Crippen LogP contribution in [0.3, 0.4) is 0 Å². The largest absolute Gasteiger partial charge is 0.398 e. The molecule has 0 amide bonds. The van der Waals surface area contributed by atoms with Gasteiger partial charge < -0.3 is 5.73 Å². The number of unbranched alkanes of at least 4 members (excludes halogenated alkanes) is 1. The normalized spacial score (nSPS) is 12.6. The predicted octanol–water partition coefficient (Wildman–Crippen LogP) is 2.67. The first kappa shape index (κ1) is 12.5. The quantitative estimate of drug-likeness (QED) is 0.822. The van der Waals surface area contributed by atoms with Crippen LogP contribution in [0.1, 0.15) is 39.2 Å². The zero-order valence-corrected chi connectivity index (χ0v) is 10.9. The number of para-hydroxylation sites is 1. The number of nitrogens with two attached hydrogens (primary N) is 1. The highest BCUT2D eigenvalue weighted by molar-refractivity contribution is 5.71. The molecule has 0 bridgehead atoms. The number of aromatic nitrogens is 4. The van der Waals surface area contributed by atoms with E-state index >= 15 is 0 Å². The van der Waals surface area contributed by atoms with Gasteiger partial charge in [0.15, 0.2) is 5.82 Å². The summed E-state index contributed by atoms with van der Waals surface area (Å²) in [5.74, 6) is 0.747. The molecule has 1 heterocycles. The van der Waals surface area contributed by atoms with Crippen molar-refractivity contribution in [2.75, 3.05) is 5.73 Å². The van der Waals surface area contributed by atoms with Gasteiger partial charge in [0.2, 0.25) is 0 Å². The summed E-state index contributed by atoms with van der Waals surface area (Å²) in [7, 11) is 0. The highest BCUT2D eigenvalue weighted by Gasteiger charge is 2.15. The number of benzene rings is 1. The van der Waals surface area contributed by atoms with Crippen LogP contribution in [0.2, 0.25) is 0 Å². The fourth-order valence-electron chi connectivity index (χ4n) is 1.99. The van der Waals surface area contributed by atoms with Crippen molar-refractivity contribution in [3.8, 4) is 11.4 Å². The first-order chi connectivity index (χ1) is 8.74. The van der Waals surface area contributed by atoms with Gasteiger partial charge in [-0.25, -0.2) is 4.68 Å². The van der Waals surface area contributed by atoms with Gasteiger partial charge in [-0.3, -0.25) is 0 Å². The Hall–Kier alpha value is -1.91. The van der Waals surface area contributed by atoms with Crippen molar-refractivity contribution < 1.29 is 0 Å². The second-order valence-corrected chi connectivity index (χ2v) is 4.53. The van der Waals surface area contributed by atoms with E-state index in [4.69, 9.17) is 5.73 Å². The van der Waals surface area contributed by atoms with E-state index in [0.717, 1.165) is 17.8 Å². The average Bonchev–Trinajstić information content (AvgIpc) is 2.85. The van der Waals surface area contributed by atoms with Gasteiger partial charge in [0.25, 0.3) is 0 Å². The van der Waals surface area contributed by atoms with Crippen LogP contribution >= 0.6 is 0 Å². The molecule has 5 heteroatoms. The standard InChI is InChI=1S/C13H19N5/c1-3-4-7-10(2)18-13(15-16-17-18)11-8-5-6-9-12(11)14/h5-6,8-10H,3-4,7,14H2,1-2H3. The van der Waals surface area contributed by atoms with Gasteiger partial charge in [-0.05, 0) is 35.9 Å². The van der Waals surface area contributed by atoms with Crippen molar-refractivity contribution >= 4 is 5.69 Å². The minimum absolute atomic E-state index is 0.287. The molecular formula is C13H19N5. The van der Waals surface area contributed by atoms with Crippen LogP contribution in [-0.4, -0.2) is 20.2 Å². The van der Waals surface area contributed by atoms with Crippen molar-refractivity contribution in [2.24, 2.45) is 0 Å². The fourth-order valence-corrected chi connectivity index (χ4v) is 1.99. The molecule has 0 aliphatic rings. The third-order valence-corrected chi connectivity index (χ3v) is 3.09. The molecule has 1 unspecified atom stereocenters. The van der Waals surface area contributed by atoms with Gasteiger partial charge in [-0.2, -0.15) is 0 Å². The Morgan fingerprint density at radius 2 is 2.11 bits per heavy atom. The van der Waals surface area contributed by atoms with Gasteiger partial charge >= 0.3 is 0 Å². The van der Waals surface area contributed by atoms with Crippen LogP contribution in [0, 0.1) is 0 Å². The lowest BCUT2D eigenvalue weighted by molar-refractivity contribution is 0.437. The first-order valence-electron chi connectivity index (χ1n) is 6.36. The number of tetrazole rings is 1. The molecule has 1 aromatic heterocycles. The number of anilines is 1. The van der Waals surface area contributed by atoms with E-state index in [2.05, 4.69) is 29.4 Å². The van der Waals surface area contributed by atoms with E-state index in [9.17, 15) is 0 Å². The van der Waals surface area contributed by atoms with Crippen LogP contribution in [0.5, 0.6) is 0 Å². The van der Waals surface area contributed by atoms with E-state index in [0.29, 0.717) is 5.69 Å². The molecule has 5 nitrogen and oxygen atoms in total. The summed E-state index contributed by atoms with van der Waals surface area (Å²) in [5.41, 5.74) is 7.57. The molecule has 0 radical (unpaired) electrons. The van der Waals surface area contributed by atoms with Gasteiger partial charge in [0.05, 0.1) is 6.04 Å². The molecule has 96 valence electrons. The minimum Gasteiger partial charge on any atom is -0.398 e. The Balaban J connectivity index is 2.30. The Labute approximate surface area is 107 Å². The van der Waals surface area contributed by atoms with Crippen molar-refractivity contribution in [1.29, 1.82) is 0 Å². The summed E-state index contributed by atoms with van der Waals surface area (Å²) in [6, 6.07) is 7.96. The van der Waals surface area contributed by atoms with Gasteiger partial charge in [-0.1, -0.05) is 31.9 Å². The minimum atomic E-state index is 0.287. The molecule has 1 atom stereocenters. The lowest BCUT2D eigenvalue weighted by Crippen LogP contribution is -2.09. The third kappa shape index (κ3) is 2.50. The number of nitrogens with zero attached hydrogens (tertiary/aromatic N) is 4. The summed E-state index contributed by atoms with van der Waals surface area (Å²) in [6.07, 6.45) is 3.42. The third-order valence-electron chi connectivity index (χ3n) is 3.09. The molecule has 0 aliphatic heterocycles.